The van der Waals surface area contributed by atoms with E-state index in [0.717, 1.165) is 46.5 Å². The van der Waals surface area contributed by atoms with E-state index in [1.165, 1.54) is 43.6 Å². The molecule has 0 amide bonds. The van der Waals surface area contributed by atoms with Gasteiger partial charge in [0, 0.05) is 30.0 Å². The normalized spacial score (nSPS) is 13.2. The Morgan fingerprint density at radius 3 is 2.58 bits per heavy atom. The van der Waals surface area contributed by atoms with Gasteiger partial charge in [-0.2, -0.15) is 0 Å². The molecule has 5 nitrogen and oxygen atoms in total. The lowest BCUT2D eigenvalue weighted by Crippen LogP contribution is -2.02. The molecule has 6 rings (SSSR count). The Kier molecular flexibility index (Phi) is 5.30. The lowest BCUT2D eigenvalue weighted by molar-refractivity contribution is 0.569. The molecule has 0 saturated carbocycles. The monoisotopic (exact) mass is 487 g/mol. The number of aromatic nitrogens is 3. The van der Waals surface area contributed by atoms with Gasteiger partial charge >= 0.3 is 0 Å². The molecule has 2 aromatic carbocycles. The number of hydrogen-bond acceptors (Lipinski definition) is 4. The Labute approximate surface area is 197 Å². The number of thiophene rings is 1. The van der Waals surface area contributed by atoms with Crippen molar-refractivity contribution in [3.8, 4) is 33.0 Å². The first-order valence-corrected chi connectivity index (χ1v) is 13.5. The summed E-state index contributed by atoms with van der Waals surface area (Å²) in [5.41, 5.74) is 10.2. The average molecular weight is 487 g/mol. The zero-order valence-corrected chi connectivity index (χ0v) is 20.3. The molecule has 8 heteroatoms. The number of aromatic amines is 2. The number of nitrogens with zero attached hydrogens (tertiary/aromatic N) is 1. The van der Waals surface area contributed by atoms with Crippen LogP contribution in [0, 0.1) is 0 Å². The third-order valence-electron chi connectivity index (χ3n) is 6.04. The lowest BCUT2D eigenvalue weighted by atomic mass is 9.88. The number of aryl methyl sites for hydroxylation is 2. The van der Waals surface area contributed by atoms with Crippen molar-refractivity contribution in [2.24, 2.45) is 0 Å². The molecule has 3 heterocycles. The third-order valence-corrected chi connectivity index (χ3v) is 8.52. The van der Waals surface area contributed by atoms with Crippen LogP contribution in [0.2, 0.25) is 0 Å². The van der Waals surface area contributed by atoms with E-state index in [4.69, 9.17) is 0 Å². The van der Waals surface area contributed by atoms with Gasteiger partial charge < -0.3 is 9.97 Å². The number of carbonyl (C=O) groups is 2. The topological polar surface area (TPSA) is 78.6 Å². The molecule has 3 aromatic heterocycles. The molecule has 0 saturated heterocycles. The van der Waals surface area contributed by atoms with Crippen LogP contribution < -0.4 is 11.0 Å². The van der Waals surface area contributed by atoms with Crippen LogP contribution in [0.25, 0.3) is 43.0 Å². The predicted molar refractivity (Wildman–Crippen MR) is 141 cm³/mol. The van der Waals surface area contributed by atoms with E-state index in [2.05, 4.69) is 63.5 Å². The summed E-state index contributed by atoms with van der Waals surface area (Å²) in [5, 5.41) is 1.20. The van der Waals surface area contributed by atoms with E-state index in [1.807, 2.05) is 0 Å². The first kappa shape index (κ1) is 20.7. The zero-order chi connectivity index (χ0) is 22.4. The minimum absolute atomic E-state index is 0.0529. The van der Waals surface area contributed by atoms with Crippen molar-refractivity contribution in [1.82, 2.24) is 15.0 Å². The molecular formula is C25H19N3O2P2S. The maximum absolute atomic E-state index is 10.9. The number of carbonyl (C=O) groups excluding carboxylic acids is 2. The molecule has 0 radical (unpaired) electrons. The smallest absolute Gasteiger partial charge is 0.146 e. The molecule has 0 spiro atoms. The standard InChI is InChI=1S/C25H19N3O2P2S/c29-12-31-23-10-18-4-2-16-7-14(5-6-19(16)24(18)28-23)15-1-3-17-9-22(33-21(17)8-15)20-11-26-25(27-20)32-13-30/h1,3,5-13,28,31-32H,2,4H2,(H,26,27). The van der Waals surface area contributed by atoms with E-state index in [-0.39, 0.29) is 17.2 Å². The van der Waals surface area contributed by atoms with E-state index < -0.39 is 0 Å². The van der Waals surface area contributed by atoms with Gasteiger partial charge in [-0.1, -0.05) is 30.3 Å². The Morgan fingerprint density at radius 2 is 1.70 bits per heavy atom. The molecule has 0 fully saturated rings. The largest absolute Gasteiger partial charge is 0.354 e. The zero-order valence-electron chi connectivity index (χ0n) is 17.4. The van der Waals surface area contributed by atoms with Gasteiger partial charge in [-0.05, 0) is 67.3 Å². The fourth-order valence-corrected chi connectivity index (χ4v) is 6.60. The first-order chi connectivity index (χ1) is 16.2. The molecule has 0 aliphatic heterocycles. The summed E-state index contributed by atoms with van der Waals surface area (Å²) < 4.78 is 1.22. The summed E-state index contributed by atoms with van der Waals surface area (Å²) in [4.78, 5) is 33.8. The highest BCUT2D eigenvalue weighted by Gasteiger charge is 2.19. The van der Waals surface area contributed by atoms with Crippen molar-refractivity contribution < 1.29 is 9.59 Å². The van der Waals surface area contributed by atoms with Crippen LogP contribution in [0.4, 0.5) is 0 Å². The van der Waals surface area contributed by atoms with Gasteiger partial charge in [-0.3, -0.25) is 9.59 Å². The van der Waals surface area contributed by atoms with Crippen LogP contribution in [0.3, 0.4) is 0 Å². The van der Waals surface area contributed by atoms with Gasteiger partial charge in [-0.15, -0.1) is 11.3 Å². The van der Waals surface area contributed by atoms with Crippen LogP contribution in [-0.4, -0.2) is 27.0 Å². The SMILES string of the molecule is O=CPc1cc2c([nH]1)-c1ccc(-c3ccc4cc(-c5cnc(PC=O)[nH]5)sc4c3)cc1CC2. The first-order valence-electron chi connectivity index (χ1n) is 10.6. The van der Waals surface area contributed by atoms with E-state index in [0.29, 0.717) is 0 Å². The van der Waals surface area contributed by atoms with Crippen LogP contribution >= 0.6 is 28.5 Å². The Morgan fingerprint density at radius 1 is 0.879 bits per heavy atom. The summed E-state index contributed by atoms with van der Waals surface area (Å²) in [6, 6.07) is 19.5. The van der Waals surface area contributed by atoms with Gasteiger partial charge in [0.2, 0.25) is 0 Å². The van der Waals surface area contributed by atoms with Gasteiger partial charge in [-0.25, -0.2) is 4.98 Å². The number of hydrogen-bond donors (Lipinski definition) is 2. The minimum Gasteiger partial charge on any atom is -0.354 e. The highest BCUT2D eigenvalue weighted by Crippen LogP contribution is 2.38. The molecule has 2 atom stereocenters. The second-order valence-corrected chi connectivity index (χ2v) is 11.1. The fraction of sp³-hybridized carbons (Fsp3) is 0.0800. The molecule has 5 aromatic rings. The van der Waals surface area contributed by atoms with Crippen molar-refractivity contribution in [3.05, 3.63) is 65.9 Å². The average Bonchev–Trinajstić information content (AvgIpc) is 3.56. The number of benzene rings is 2. The number of nitrogens with one attached hydrogen (secondary N) is 2. The second kappa shape index (κ2) is 8.46. The summed E-state index contributed by atoms with van der Waals surface area (Å²) in [6.45, 7) is 0. The summed E-state index contributed by atoms with van der Waals surface area (Å²) >= 11 is 1.73. The maximum Gasteiger partial charge on any atom is 0.146 e. The number of fused-ring (bicyclic) bond motifs is 4. The molecule has 162 valence electrons. The second-order valence-electron chi connectivity index (χ2n) is 7.99. The summed E-state index contributed by atoms with van der Waals surface area (Å²) in [6.07, 6.45) is 3.80. The maximum atomic E-state index is 10.9. The Bertz CT molecular complexity index is 1530. The van der Waals surface area contributed by atoms with Gasteiger partial charge in [0.15, 0.2) is 0 Å². The van der Waals surface area contributed by atoms with Crippen molar-refractivity contribution in [2.75, 3.05) is 0 Å². The van der Waals surface area contributed by atoms with Crippen molar-refractivity contribution in [1.29, 1.82) is 0 Å². The molecule has 0 bridgehead atoms. The van der Waals surface area contributed by atoms with Gasteiger partial charge in [0.1, 0.15) is 17.6 Å². The molecule has 2 unspecified atom stereocenters. The number of imidazole rings is 1. The number of rotatable bonds is 6. The fourth-order valence-electron chi connectivity index (χ4n) is 4.49. The Balaban J connectivity index is 1.34. The van der Waals surface area contributed by atoms with Crippen molar-refractivity contribution in [3.63, 3.8) is 0 Å². The quantitative estimate of drug-likeness (QED) is 0.260. The molecule has 1 aliphatic rings. The lowest BCUT2D eigenvalue weighted by Gasteiger charge is -2.17. The van der Waals surface area contributed by atoms with E-state index >= 15 is 0 Å². The van der Waals surface area contributed by atoms with Crippen LogP contribution in [0.15, 0.2) is 54.7 Å². The Hall–Kier alpha value is -2.91. The molecule has 2 N–H and O–H groups in total. The van der Waals surface area contributed by atoms with Crippen LogP contribution in [0.5, 0.6) is 0 Å². The highest BCUT2D eigenvalue weighted by molar-refractivity contribution is 7.62. The molecular weight excluding hydrogens is 468 g/mol. The highest BCUT2D eigenvalue weighted by atomic mass is 32.1. The van der Waals surface area contributed by atoms with Crippen LogP contribution in [-0.2, 0) is 22.4 Å². The van der Waals surface area contributed by atoms with E-state index in [1.54, 1.807) is 17.5 Å². The predicted octanol–water partition coefficient (Wildman–Crippen LogP) is 5.04. The summed E-state index contributed by atoms with van der Waals surface area (Å²) in [7, 11) is 0.230. The molecule has 1 aliphatic carbocycles. The summed E-state index contributed by atoms with van der Waals surface area (Å²) in [5.74, 6) is 0. The van der Waals surface area contributed by atoms with Crippen molar-refractivity contribution >= 4 is 61.6 Å². The third kappa shape index (κ3) is 3.79. The van der Waals surface area contributed by atoms with Crippen molar-refractivity contribution in [2.45, 2.75) is 12.8 Å². The minimum atomic E-state index is 0.0529. The number of H-pyrrole nitrogens is 2. The van der Waals surface area contributed by atoms with Gasteiger partial charge in [0.25, 0.3) is 0 Å². The molecule has 33 heavy (non-hydrogen) atoms. The van der Waals surface area contributed by atoms with E-state index in [9.17, 15) is 9.59 Å². The van der Waals surface area contributed by atoms with Crippen LogP contribution in [0.1, 0.15) is 11.1 Å². The van der Waals surface area contributed by atoms with Gasteiger partial charge in [0.05, 0.1) is 16.8 Å².